The molecule has 0 saturated carbocycles. The number of unbranched alkanes of at least 4 members (excludes halogenated alkanes) is 29. The van der Waals surface area contributed by atoms with Crippen molar-refractivity contribution in [1.82, 2.24) is 0 Å². The van der Waals surface area contributed by atoms with Gasteiger partial charge in [-0.1, -0.05) is 241 Å². The highest BCUT2D eigenvalue weighted by Crippen LogP contribution is 2.45. The van der Waals surface area contributed by atoms with Gasteiger partial charge in [-0.05, 0) is 128 Å². The van der Waals surface area contributed by atoms with Crippen molar-refractivity contribution in [2.24, 2.45) is 0 Å². The van der Waals surface area contributed by atoms with Crippen LogP contribution in [-0.2, 0) is 65.4 Å². The van der Waals surface area contributed by atoms with E-state index in [9.17, 15) is 43.2 Å². The second-order valence-electron chi connectivity index (χ2n) is 24.5. The normalized spacial score (nSPS) is 14.5. The SMILES string of the molecule is CC/C=C\C/C=C\C/C=C\CCCCCCCCCC(=O)OCC(COP(=O)(O)OCC(O)COP(=O)(O)OCC(COC(=O)CCCCCCC/C=C\C/C=C\CCCCC)OC(=O)CCCCCCC/C=C\CCCC)OC(=O)CCCCCCC/C=C\CCCC. The minimum Gasteiger partial charge on any atom is -0.462 e. The maximum Gasteiger partial charge on any atom is 0.472 e. The van der Waals surface area contributed by atoms with Crippen LogP contribution in [-0.4, -0.2) is 96.7 Å². The van der Waals surface area contributed by atoms with E-state index in [0.29, 0.717) is 25.7 Å². The van der Waals surface area contributed by atoms with Crippen LogP contribution in [0.4, 0.5) is 0 Å². The van der Waals surface area contributed by atoms with Crippen molar-refractivity contribution in [3.05, 3.63) is 85.1 Å². The first-order valence-corrected chi connectivity index (χ1v) is 39.8. The number of carbonyl (C=O) groups is 4. The van der Waals surface area contributed by atoms with Gasteiger partial charge in [0.25, 0.3) is 0 Å². The highest BCUT2D eigenvalue weighted by molar-refractivity contribution is 7.47. The predicted octanol–water partition coefficient (Wildman–Crippen LogP) is 20.7. The lowest BCUT2D eigenvalue weighted by Gasteiger charge is -2.21. The van der Waals surface area contributed by atoms with Gasteiger partial charge in [0.2, 0.25) is 0 Å². The molecular formula is C75H132O17P2. The second-order valence-corrected chi connectivity index (χ2v) is 27.4. The van der Waals surface area contributed by atoms with Gasteiger partial charge in [-0.2, -0.15) is 0 Å². The molecule has 0 radical (unpaired) electrons. The van der Waals surface area contributed by atoms with Crippen molar-refractivity contribution in [2.45, 2.75) is 329 Å². The molecule has 0 bridgehead atoms. The molecule has 19 heteroatoms. The molecule has 17 nitrogen and oxygen atoms in total. The van der Waals surface area contributed by atoms with E-state index in [4.69, 9.17) is 37.0 Å². The summed E-state index contributed by atoms with van der Waals surface area (Å²) >= 11 is 0. The largest absolute Gasteiger partial charge is 0.472 e. The van der Waals surface area contributed by atoms with Crippen LogP contribution in [0, 0.1) is 0 Å². The number of phosphoric acid groups is 2. The average Bonchev–Trinajstić information content (AvgIpc) is 1.32. The summed E-state index contributed by atoms with van der Waals surface area (Å²) in [4.78, 5) is 72.6. The van der Waals surface area contributed by atoms with Gasteiger partial charge in [0.15, 0.2) is 12.2 Å². The molecule has 0 aliphatic heterocycles. The molecule has 0 fully saturated rings. The number of hydrogen-bond acceptors (Lipinski definition) is 15. The summed E-state index contributed by atoms with van der Waals surface area (Å²) in [6.45, 7) is 4.62. The predicted molar refractivity (Wildman–Crippen MR) is 381 cm³/mol. The number of aliphatic hydroxyl groups excluding tert-OH is 1. The van der Waals surface area contributed by atoms with Crippen LogP contribution in [0.1, 0.15) is 310 Å². The number of carbonyl (C=O) groups excluding carboxylic acids is 4. The Balaban J connectivity index is 5.29. The molecule has 5 atom stereocenters. The molecule has 0 saturated heterocycles. The zero-order valence-corrected chi connectivity index (χ0v) is 60.9. The Bertz CT molecular complexity index is 2120. The average molecular weight is 1370 g/mol. The quantitative estimate of drug-likeness (QED) is 0.0169. The van der Waals surface area contributed by atoms with Crippen LogP contribution in [0.25, 0.3) is 0 Å². The summed E-state index contributed by atoms with van der Waals surface area (Å²) < 4.78 is 68.3. The lowest BCUT2D eigenvalue weighted by atomic mass is 10.1. The Morgan fingerprint density at radius 1 is 0.309 bits per heavy atom. The Morgan fingerprint density at radius 3 is 0.894 bits per heavy atom. The van der Waals surface area contributed by atoms with E-state index in [1.54, 1.807) is 0 Å². The molecular weight excluding hydrogens is 1230 g/mol. The standard InChI is InChI=1S/C75H132O17P2/c1-5-9-13-17-21-25-29-31-33-34-36-38-42-44-48-52-56-60-73(78)86-66-71(92-75(80)62-58-54-50-46-40-28-24-20-16-12-8-4)68-90-94(83,84)88-64-69(76)63-87-93(81,82)89-67-70(91-74(79)61-57-53-49-45-39-27-23-19-15-11-7-3)65-85-72(77)59-55-51-47-43-41-37-35-32-30-26-22-18-14-10-6-2/h9,13,19-26,31-33,35,69-71,76H,5-8,10-12,14-18,27-30,34,36-68H2,1-4H3,(H,81,82)(H,83,84)/b13-9-,23-19-,24-20-,25-21-,26-22-,33-31-,35-32-. The van der Waals surface area contributed by atoms with Crippen LogP contribution in [0.2, 0.25) is 0 Å². The summed E-state index contributed by atoms with van der Waals surface area (Å²) in [5.74, 6) is -2.21. The fourth-order valence-corrected chi connectivity index (χ4v) is 11.2. The molecule has 0 heterocycles. The fraction of sp³-hybridized carbons (Fsp3) is 0.760. The first-order valence-electron chi connectivity index (χ1n) is 36.8. The molecule has 0 aliphatic rings. The fourth-order valence-electron chi connectivity index (χ4n) is 9.64. The monoisotopic (exact) mass is 1370 g/mol. The number of esters is 4. The van der Waals surface area contributed by atoms with E-state index in [1.165, 1.54) is 44.9 Å². The topological polar surface area (TPSA) is 237 Å². The minimum atomic E-state index is -4.97. The van der Waals surface area contributed by atoms with Gasteiger partial charge in [0, 0.05) is 25.7 Å². The third-order valence-electron chi connectivity index (χ3n) is 15.3. The second kappa shape index (κ2) is 67.8. The van der Waals surface area contributed by atoms with Crippen LogP contribution in [0.5, 0.6) is 0 Å². The molecule has 0 amide bonds. The lowest BCUT2D eigenvalue weighted by molar-refractivity contribution is -0.161. The number of aliphatic hydroxyl groups is 1. The van der Waals surface area contributed by atoms with E-state index in [-0.39, 0.29) is 25.7 Å². The van der Waals surface area contributed by atoms with Gasteiger partial charge < -0.3 is 33.8 Å². The van der Waals surface area contributed by atoms with Crippen molar-refractivity contribution in [1.29, 1.82) is 0 Å². The zero-order chi connectivity index (χ0) is 69.0. The van der Waals surface area contributed by atoms with E-state index in [1.807, 2.05) is 0 Å². The van der Waals surface area contributed by atoms with Crippen molar-refractivity contribution >= 4 is 39.5 Å². The van der Waals surface area contributed by atoms with Gasteiger partial charge in [-0.15, -0.1) is 0 Å². The maximum atomic E-state index is 13.0. The number of rotatable bonds is 69. The van der Waals surface area contributed by atoms with E-state index in [0.717, 1.165) is 186 Å². The van der Waals surface area contributed by atoms with Crippen LogP contribution in [0.3, 0.4) is 0 Å². The summed E-state index contributed by atoms with van der Waals surface area (Å²) in [6.07, 6.45) is 67.3. The lowest BCUT2D eigenvalue weighted by Crippen LogP contribution is -2.30. The first kappa shape index (κ1) is 90.2. The van der Waals surface area contributed by atoms with Gasteiger partial charge in [-0.3, -0.25) is 37.3 Å². The minimum absolute atomic E-state index is 0.0826. The highest BCUT2D eigenvalue weighted by Gasteiger charge is 2.30. The smallest absolute Gasteiger partial charge is 0.462 e. The van der Waals surface area contributed by atoms with Crippen molar-refractivity contribution in [3.8, 4) is 0 Å². The van der Waals surface area contributed by atoms with E-state index in [2.05, 4.69) is 113 Å². The molecule has 94 heavy (non-hydrogen) atoms. The van der Waals surface area contributed by atoms with Crippen LogP contribution >= 0.6 is 15.6 Å². The molecule has 0 rings (SSSR count). The Kier molecular flexibility index (Phi) is 65.1. The van der Waals surface area contributed by atoms with Crippen molar-refractivity contribution < 1.29 is 80.2 Å². The van der Waals surface area contributed by atoms with E-state index >= 15 is 0 Å². The molecule has 0 aliphatic carbocycles. The van der Waals surface area contributed by atoms with Gasteiger partial charge >= 0.3 is 39.5 Å². The number of ether oxygens (including phenoxy) is 4. The van der Waals surface area contributed by atoms with Crippen LogP contribution < -0.4 is 0 Å². The molecule has 3 N–H and O–H groups in total. The number of hydrogen-bond donors (Lipinski definition) is 3. The Labute approximate surface area is 570 Å². The molecule has 0 aromatic carbocycles. The number of phosphoric ester groups is 2. The molecule has 5 unspecified atom stereocenters. The van der Waals surface area contributed by atoms with E-state index < -0.39 is 97.5 Å². The third kappa shape index (κ3) is 66.8. The van der Waals surface area contributed by atoms with Crippen LogP contribution in [0.15, 0.2) is 85.1 Å². The maximum absolute atomic E-state index is 13.0. The first-order chi connectivity index (χ1) is 45.7. The van der Waals surface area contributed by atoms with Gasteiger partial charge in [-0.25, -0.2) is 9.13 Å². The number of allylic oxidation sites excluding steroid dienone is 14. The zero-order valence-electron chi connectivity index (χ0n) is 59.1. The molecule has 0 spiro atoms. The highest BCUT2D eigenvalue weighted by atomic mass is 31.2. The molecule has 544 valence electrons. The van der Waals surface area contributed by atoms with Crippen molar-refractivity contribution in [2.75, 3.05) is 39.6 Å². The summed E-state index contributed by atoms with van der Waals surface area (Å²) in [6, 6.07) is 0. The Hall–Kier alpha value is -3.76. The summed E-state index contributed by atoms with van der Waals surface area (Å²) in [5.41, 5.74) is 0. The third-order valence-corrected chi connectivity index (χ3v) is 17.2. The Morgan fingerprint density at radius 2 is 0.564 bits per heavy atom. The molecule has 0 aromatic rings. The summed E-state index contributed by atoms with van der Waals surface area (Å²) in [7, 11) is -9.94. The summed E-state index contributed by atoms with van der Waals surface area (Å²) in [5, 5.41) is 10.6. The van der Waals surface area contributed by atoms with Gasteiger partial charge in [0.1, 0.15) is 19.3 Å². The van der Waals surface area contributed by atoms with Gasteiger partial charge in [0.05, 0.1) is 26.4 Å². The van der Waals surface area contributed by atoms with Crippen molar-refractivity contribution in [3.63, 3.8) is 0 Å². The molecule has 0 aromatic heterocycles.